The topological polar surface area (TPSA) is 0 Å². The molecule has 2 rings (SSSR count). The molecule has 0 bridgehead atoms. The number of rotatable bonds is 1. The molecule has 2 aromatic rings. The van der Waals surface area contributed by atoms with Crippen molar-refractivity contribution in [2.75, 3.05) is 0 Å². The molecule has 0 heterocycles. The highest BCUT2D eigenvalue weighted by atomic mass is 79.9. The molecule has 0 aliphatic carbocycles. The van der Waals surface area contributed by atoms with Crippen LogP contribution in [-0.4, -0.2) is 0 Å². The van der Waals surface area contributed by atoms with Gasteiger partial charge >= 0.3 is 0 Å². The van der Waals surface area contributed by atoms with E-state index < -0.39 is 0 Å². The molecule has 0 atom stereocenters. The third kappa shape index (κ3) is 2.42. The predicted octanol–water partition coefficient (Wildman–Crippen LogP) is 5.08. The van der Waals surface area contributed by atoms with Gasteiger partial charge in [-0.05, 0) is 47.9 Å². The molecule has 0 aliphatic rings. The van der Waals surface area contributed by atoms with Gasteiger partial charge in [0.25, 0.3) is 0 Å². The van der Waals surface area contributed by atoms with Crippen molar-refractivity contribution in [2.24, 2.45) is 0 Å². The molecule has 0 saturated carbocycles. The maximum atomic E-state index is 5.99. The Morgan fingerprint density at radius 1 is 1.00 bits per heavy atom. The quantitative estimate of drug-likeness (QED) is 0.684. The van der Waals surface area contributed by atoms with Crippen LogP contribution in [0.15, 0.2) is 46.9 Å². The summed E-state index contributed by atoms with van der Waals surface area (Å²) in [5.74, 6) is 0. The SMILES string of the molecule is Cc1ccc(Cl)cc1-c1ccc(Br)cc1. The van der Waals surface area contributed by atoms with Crippen LogP contribution in [0, 0.1) is 6.92 Å². The molecule has 0 saturated heterocycles. The number of benzene rings is 2. The van der Waals surface area contributed by atoms with E-state index in [-0.39, 0.29) is 0 Å². The fourth-order valence-electron chi connectivity index (χ4n) is 1.53. The lowest BCUT2D eigenvalue weighted by molar-refractivity contribution is 1.45. The maximum absolute atomic E-state index is 5.99. The monoisotopic (exact) mass is 280 g/mol. The third-order valence-corrected chi connectivity index (χ3v) is 3.12. The van der Waals surface area contributed by atoms with Gasteiger partial charge in [-0.2, -0.15) is 0 Å². The predicted molar refractivity (Wildman–Crippen MR) is 69.3 cm³/mol. The van der Waals surface area contributed by atoms with Crippen LogP contribution in [0.4, 0.5) is 0 Å². The summed E-state index contributed by atoms with van der Waals surface area (Å²) in [6, 6.07) is 14.2. The van der Waals surface area contributed by atoms with E-state index in [1.54, 1.807) is 0 Å². The first-order valence-electron chi connectivity index (χ1n) is 4.69. The molecular weight excluding hydrogens is 272 g/mol. The zero-order valence-corrected chi connectivity index (χ0v) is 10.6. The molecule has 0 fully saturated rings. The second-order valence-corrected chi connectivity index (χ2v) is 4.82. The Bertz CT molecular complexity index is 474. The van der Waals surface area contributed by atoms with Crippen molar-refractivity contribution < 1.29 is 0 Å². The van der Waals surface area contributed by atoms with Crippen LogP contribution in [0.25, 0.3) is 11.1 Å². The molecule has 0 aliphatic heterocycles. The van der Waals surface area contributed by atoms with Gasteiger partial charge in [-0.3, -0.25) is 0 Å². The Hall–Kier alpha value is -0.790. The first-order valence-corrected chi connectivity index (χ1v) is 5.86. The summed E-state index contributed by atoms with van der Waals surface area (Å²) in [7, 11) is 0. The van der Waals surface area contributed by atoms with Gasteiger partial charge in [0.2, 0.25) is 0 Å². The standard InChI is InChI=1S/C13H10BrCl/c1-9-2-7-12(15)8-13(9)10-3-5-11(14)6-4-10/h2-8H,1H3. The Balaban J connectivity index is 2.53. The van der Waals surface area contributed by atoms with Crippen molar-refractivity contribution in [3.05, 3.63) is 57.5 Å². The molecule has 2 aromatic carbocycles. The smallest absolute Gasteiger partial charge is 0.0412 e. The zero-order chi connectivity index (χ0) is 10.8. The highest BCUT2D eigenvalue weighted by Crippen LogP contribution is 2.27. The van der Waals surface area contributed by atoms with Gasteiger partial charge in [-0.15, -0.1) is 0 Å². The number of hydrogen-bond acceptors (Lipinski definition) is 0. The summed E-state index contributed by atoms with van der Waals surface area (Å²) in [6.07, 6.45) is 0. The average molecular weight is 282 g/mol. The molecule has 0 nitrogen and oxygen atoms in total. The van der Waals surface area contributed by atoms with E-state index in [4.69, 9.17) is 11.6 Å². The van der Waals surface area contributed by atoms with Gasteiger partial charge in [0, 0.05) is 9.50 Å². The minimum absolute atomic E-state index is 0.776. The normalized spacial score (nSPS) is 10.3. The summed E-state index contributed by atoms with van der Waals surface area (Å²) in [6.45, 7) is 2.09. The highest BCUT2D eigenvalue weighted by molar-refractivity contribution is 9.10. The Labute approximate surface area is 103 Å². The average Bonchev–Trinajstić information content (AvgIpc) is 2.23. The summed E-state index contributed by atoms with van der Waals surface area (Å²) < 4.78 is 1.09. The van der Waals surface area contributed by atoms with E-state index in [9.17, 15) is 0 Å². The van der Waals surface area contributed by atoms with Gasteiger partial charge in [-0.1, -0.05) is 45.7 Å². The van der Waals surface area contributed by atoms with E-state index >= 15 is 0 Å². The largest absolute Gasteiger partial charge is 0.0843 e. The van der Waals surface area contributed by atoms with Gasteiger partial charge in [0.15, 0.2) is 0 Å². The Kier molecular flexibility index (Phi) is 3.13. The molecule has 0 aromatic heterocycles. The van der Waals surface area contributed by atoms with Crippen molar-refractivity contribution in [1.82, 2.24) is 0 Å². The van der Waals surface area contributed by atoms with Crippen molar-refractivity contribution in [3.8, 4) is 11.1 Å². The lowest BCUT2D eigenvalue weighted by atomic mass is 10.0. The molecule has 0 unspecified atom stereocenters. The van der Waals surface area contributed by atoms with Crippen LogP contribution in [0.5, 0.6) is 0 Å². The molecule has 0 spiro atoms. The fourth-order valence-corrected chi connectivity index (χ4v) is 1.97. The van der Waals surface area contributed by atoms with Crippen LogP contribution in [0.2, 0.25) is 5.02 Å². The van der Waals surface area contributed by atoms with E-state index in [1.807, 2.05) is 30.3 Å². The second kappa shape index (κ2) is 4.38. The lowest BCUT2D eigenvalue weighted by Crippen LogP contribution is -1.82. The van der Waals surface area contributed by atoms with Crippen LogP contribution in [0.1, 0.15) is 5.56 Å². The lowest BCUT2D eigenvalue weighted by Gasteiger charge is -2.06. The number of halogens is 2. The molecule has 0 radical (unpaired) electrons. The third-order valence-electron chi connectivity index (χ3n) is 2.35. The summed E-state index contributed by atoms with van der Waals surface area (Å²) in [5.41, 5.74) is 3.62. The van der Waals surface area contributed by atoms with E-state index in [0.717, 1.165) is 9.50 Å². The first kappa shape index (κ1) is 10.7. The van der Waals surface area contributed by atoms with Crippen LogP contribution in [-0.2, 0) is 0 Å². The maximum Gasteiger partial charge on any atom is 0.0412 e. The molecule has 15 heavy (non-hydrogen) atoms. The van der Waals surface area contributed by atoms with Gasteiger partial charge in [-0.25, -0.2) is 0 Å². The molecule has 2 heteroatoms. The van der Waals surface area contributed by atoms with Gasteiger partial charge in [0.1, 0.15) is 0 Å². The van der Waals surface area contributed by atoms with Crippen molar-refractivity contribution in [3.63, 3.8) is 0 Å². The summed E-state index contributed by atoms with van der Waals surface area (Å²) in [4.78, 5) is 0. The van der Waals surface area contributed by atoms with E-state index in [0.29, 0.717) is 0 Å². The van der Waals surface area contributed by atoms with Crippen LogP contribution >= 0.6 is 27.5 Å². The Morgan fingerprint density at radius 2 is 1.67 bits per heavy atom. The van der Waals surface area contributed by atoms with Crippen LogP contribution in [0.3, 0.4) is 0 Å². The van der Waals surface area contributed by atoms with E-state index in [2.05, 4.69) is 35.0 Å². The molecular formula is C13H10BrCl. The number of hydrogen-bond donors (Lipinski definition) is 0. The first-order chi connectivity index (χ1) is 7.16. The van der Waals surface area contributed by atoms with Crippen molar-refractivity contribution in [1.29, 1.82) is 0 Å². The minimum Gasteiger partial charge on any atom is -0.0843 e. The minimum atomic E-state index is 0.776. The van der Waals surface area contributed by atoms with Crippen LogP contribution < -0.4 is 0 Å². The van der Waals surface area contributed by atoms with Gasteiger partial charge < -0.3 is 0 Å². The van der Waals surface area contributed by atoms with Gasteiger partial charge in [0.05, 0.1) is 0 Å². The molecule has 0 N–H and O–H groups in total. The summed E-state index contributed by atoms with van der Waals surface area (Å²) >= 11 is 9.41. The van der Waals surface area contributed by atoms with Crippen molar-refractivity contribution in [2.45, 2.75) is 6.92 Å². The highest BCUT2D eigenvalue weighted by Gasteiger charge is 2.02. The Morgan fingerprint density at radius 3 is 2.33 bits per heavy atom. The fraction of sp³-hybridized carbons (Fsp3) is 0.0769. The summed E-state index contributed by atoms with van der Waals surface area (Å²) in [5, 5.41) is 0.776. The zero-order valence-electron chi connectivity index (χ0n) is 8.30. The number of aryl methyl sites for hydroxylation is 1. The molecule has 0 amide bonds. The van der Waals surface area contributed by atoms with E-state index in [1.165, 1.54) is 16.7 Å². The second-order valence-electron chi connectivity index (χ2n) is 3.47. The molecule has 76 valence electrons. The van der Waals surface area contributed by atoms with Crippen molar-refractivity contribution >= 4 is 27.5 Å².